The van der Waals surface area contributed by atoms with Gasteiger partial charge in [-0.3, -0.25) is 5.10 Å². The minimum absolute atomic E-state index is 0.765. The topological polar surface area (TPSA) is 78.0 Å². The number of aliphatic carboxylic acids is 1. The van der Waals surface area contributed by atoms with Crippen LogP contribution >= 0.6 is 0 Å². The lowest BCUT2D eigenvalue weighted by Crippen LogP contribution is -2.39. The minimum Gasteiger partial charge on any atom is -0.480 e. The summed E-state index contributed by atoms with van der Waals surface area (Å²) in [5.74, 6) is -0.889. The Kier molecular flexibility index (Phi) is 2.30. The number of fused-ring (bicyclic) bond motifs is 1. The fraction of sp³-hybridized carbons (Fsp3) is 0.273. The largest absolute Gasteiger partial charge is 0.480 e. The molecule has 1 aromatic heterocycles. The van der Waals surface area contributed by atoms with Crippen molar-refractivity contribution < 1.29 is 9.90 Å². The van der Waals surface area contributed by atoms with Crippen molar-refractivity contribution in [3.8, 4) is 0 Å². The lowest BCUT2D eigenvalue weighted by Gasteiger charge is -2.22. The molecular weight excluding hydrogens is 206 g/mol. The van der Waals surface area contributed by atoms with Crippen LogP contribution in [-0.4, -0.2) is 26.8 Å². The Balaban J connectivity index is 2.30. The molecular formula is C11H13N3O2. The predicted molar refractivity (Wildman–Crippen MR) is 61.4 cm³/mol. The van der Waals surface area contributed by atoms with E-state index in [1.54, 1.807) is 20.0 Å². The predicted octanol–water partition coefficient (Wildman–Crippen LogP) is 1.84. The Morgan fingerprint density at radius 2 is 2.25 bits per heavy atom. The van der Waals surface area contributed by atoms with E-state index < -0.39 is 11.5 Å². The van der Waals surface area contributed by atoms with Crippen LogP contribution < -0.4 is 5.32 Å². The number of anilines is 1. The van der Waals surface area contributed by atoms with Crippen molar-refractivity contribution in [2.24, 2.45) is 0 Å². The van der Waals surface area contributed by atoms with E-state index in [-0.39, 0.29) is 0 Å². The summed E-state index contributed by atoms with van der Waals surface area (Å²) in [4.78, 5) is 11.0. The maximum absolute atomic E-state index is 11.0. The number of nitrogens with one attached hydrogen (secondary N) is 2. The van der Waals surface area contributed by atoms with Gasteiger partial charge in [0.25, 0.3) is 0 Å². The molecule has 0 spiro atoms. The maximum Gasteiger partial charge on any atom is 0.328 e. The number of H-pyrrole nitrogens is 1. The van der Waals surface area contributed by atoms with E-state index >= 15 is 0 Å². The highest BCUT2D eigenvalue weighted by Crippen LogP contribution is 2.20. The molecule has 0 aliphatic heterocycles. The zero-order chi connectivity index (χ0) is 11.8. The van der Waals surface area contributed by atoms with Crippen LogP contribution in [0.5, 0.6) is 0 Å². The van der Waals surface area contributed by atoms with Gasteiger partial charge < -0.3 is 10.4 Å². The Morgan fingerprint density at radius 3 is 2.94 bits per heavy atom. The molecule has 0 atom stereocenters. The van der Waals surface area contributed by atoms with Crippen molar-refractivity contribution in [3.63, 3.8) is 0 Å². The lowest BCUT2D eigenvalue weighted by atomic mass is 10.1. The normalized spacial score (nSPS) is 11.6. The highest BCUT2D eigenvalue weighted by atomic mass is 16.4. The Morgan fingerprint density at radius 1 is 1.50 bits per heavy atom. The molecule has 2 rings (SSSR count). The Bertz CT molecular complexity index is 531. The van der Waals surface area contributed by atoms with Gasteiger partial charge in [-0.2, -0.15) is 5.10 Å². The molecule has 0 unspecified atom stereocenters. The van der Waals surface area contributed by atoms with Crippen LogP contribution in [0.2, 0.25) is 0 Å². The summed E-state index contributed by atoms with van der Waals surface area (Å²) in [5, 5.41) is 19.6. The van der Waals surface area contributed by atoms with Crippen molar-refractivity contribution in [3.05, 3.63) is 24.4 Å². The Labute approximate surface area is 92.5 Å². The molecule has 0 fully saturated rings. The molecule has 5 heteroatoms. The van der Waals surface area contributed by atoms with Crippen LogP contribution in [0.4, 0.5) is 5.69 Å². The minimum atomic E-state index is -0.989. The number of carboxylic acids is 1. The number of nitrogens with zero attached hydrogens (tertiary/aromatic N) is 1. The molecule has 0 radical (unpaired) electrons. The van der Waals surface area contributed by atoms with Crippen LogP contribution in [0, 0.1) is 0 Å². The molecule has 0 aliphatic carbocycles. The average Bonchev–Trinajstić information content (AvgIpc) is 2.63. The third kappa shape index (κ3) is 1.84. The number of carboxylic acid groups (broad SMARTS) is 1. The first-order valence-electron chi connectivity index (χ1n) is 4.94. The van der Waals surface area contributed by atoms with Gasteiger partial charge in [-0.15, -0.1) is 0 Å². The monoisotopic (exact) mass is 219 g/mol. The lowest BCUT2D eigenvalue weighted by molar-refractivity contribution is -0.141. The quantitative estimate of drug-likeness (QED) is 0.736. The molecule has 2 aromatic rings. The third-order valence-electron chi connectivity index (χ3n) is 2.43. The summed E-state index contributed by atoms with van der Waals surface area (Å²) in [6.45, 7) is 3.24. The van der Waals surface area contributed by atoms with E-state index in [4.69, 9.17) is 5.11 Å². The van der Waals surface area contributed by atoms with Gasteiger partial charge in [-0.25, -0.2) is 4.79 Å². The second kappa shape index (κ2) is 3.52. The highest BCUT2D eigenvalue weighted by molar-refractivity contribution is 5.85. The number of hydrogen-bond donors (Lipinski definition) is 3. The fourth-order valence-corrected chi connectivity index (χ4v) is 1.43. The smallest absolute Gasteiger partial charge is 0.328 e. The van der Waals surface area contributed by atoms with Gasteiger partial charge in [-0.1, -0.05) is 0 Å². The molecule has 84 valence electrons. The van der Waals surface area contributed by atoms with E-state index in [0.29, 0.717) is 0 Å². The number of benzene rings is 1. The fourth-order valence-electron chi connectivity index (χ4n) is 1.43. The van der Waals surface area contributed by atoms with Gasteiger partial charge >= 0.3 is 5.97 Å². The first-order valence-corrected chi connectivity index (χ1v) is 4.94. The van der Waals surface area contributed by atoms with Gasteiger partial charge in [0.1, 0.15) is 5.54 Å². The summed E-state index contributed by atoms with van der Waals surface area (Å²) in [6, 6.07) is 5.55. The Hall–Kier alpha value is -2.04. The van der Waals surface area contributed by atoms with Crippen molar-refractivity contribution >= 4 is 22.6 Å². The zero-order valence-corrected chi connectivity index (χ0v) is 9.11. The third-order valence-corrected chi connectivity index (χ3v) is 2.43. The number of rotatable bonds is 3. The summed E-state index contributed by atoms with van der Waals surface area (Å²) in [7, 11) is 0. The van der Waals surface area contributed by atoms with Gasteiger partial charge in [-0.05, 0) is 32.0 Å². The standard InChI is InChI=1S/C11H13N3O2/c1-11(2,10(15)16)13-8-3-4-9-7(5-8)6-12-14-9/h3-6,13H,1-2H3,(H,12,14)(H,15,16). The summed E-state index contributed by atoms with van der Waals surface area (Å²) in [6.07, 6.45) is 1.70. The molecule has 0 aliphatic rings. The molecule has 0 saturated heterocycles. The summed E-state index contributed by atoms with van der Waals surface area (Å²) < 4.78 is 0. The molecule has 0 saturated carbocycles. The molecule has 1 heterocycles. The number of hydrogen-bond acceptors (Lipinski definition) is 3. The van der Waals surface area contributed by atoms with Crippen molar-refractivity contribution in [2.45, 2.75) is 19.4 Å². The number of carbonyl (C=O) groups is 1. The van der Waals surface area contributed by atoms with Crippen molar-refractivity contribution in [1.82, 2.24) is 10.2 Å². The second-order valence-corrected chi connectivity index (χ2v) is 4.23. The average molecular weight is 219 g/mol. The van der Waals surface area contributed by atoms with Gasteiger partial charge in [0, 0.05) is 11.1 Å². The number of aromatic amines is 1. The highest BCUT2D eigenvalue weighted by Gasteiger charge is 2.26. The van der Waals surface area contributed by atoms with Gasteiger partial charge in [0.2, 0.25) is 0 Å². The van der Waals surface area contributed by atoms with Gasteiger partial charge in [0.05, 0.1) is 11.7 Å². The van der Waals surface area contributed by atoms with E-state index in [2.05, 4.69) is 15.5 Å². The van der Waals surface area contributed by atoms with Crippen LogP contribution in [-0.2, 0) is 4.79 Å². The van der Waals surface area contributed by atoms with Crippen LogP contribution in [0.25, 0.3) is 10.9 Å². The van der Waals surface area contributed by atoms with Gasteiger partial charge in [0.15, 0.2) is 0 Å². The first kappa shape index (κ1) is 10.5. The van der Waals surface area contributed by atoms with Crippen LogP contribution in [0.1, 0.15) is 13.8 Å². The molecule has 0 bridgehead atoms. The first-order chi connectivity index (χ1) is 7.49. The maximum atomic E-state index is 11.0. The van der Waals surface area contributed by atoms with Crippen LogP contribution in [0.3, 0.4) is 0 Å². The molecule has 0 amide bonds. The molecule has 3 N–H and O–H groups in total. The van der Waals surface area contributed by atoms with E-state index in [0.717, 1.165) is 16.6 Å². The van der Waals surface area contributed by atoms with Crippen molar-refractivity contribution in [2.75, 3.05) is 5.32 Å². The van der Waals surface area contributed by atoms with Crippen LogP contribution in [0.15, 0.2) is 24.4 Å². The summed E-state index contributed by atoms with van der Waals surface area (Å²) in [5.41, 5.74) is 0.706. The second-order valence-electron chi connectivity index (χ2n) is 4.23. The number of aromatic nitrogens is 2. The van der Waals surface area contributed by atoms with E-state index in [1.807, 2.05) is 18.2 Å². The SMILES string of the molecule is CC(C)(Nc1ccc2[nH]ncc2c1)C(=O)O. The molecule has 16 heavy (non-hydrogen) atoms. The van der Waals surface area contributed by atoms with E-state index in [1.165, 1.54) is 0 Å². The molecule has 1 aromatic carbocycles. The zero-order valence-electron chi connectivity index (χ0n) is 9.11. The van der Waals surface area contributed by atoms with E-state index in [9.17, 15) is 4.79 Å². The van der Waals surface area contributed by atoms with Crippen molar-refractivity contribution in [1.29, 1.82) is 0 Å². The summed E-state index contributed by atoms with van der Waals surface area (Å²) >= 11 is 0. The molecule has 5 nitrogen and oxygen atoms in total.